The van der Waals surface area contributed by atoms with E-state index >= 15 is 0 Å². The van der Waals surface area contributed by atoms with Crippen molar-refractivity contribution < 1.29 is 21.6 Å². The van der Waals surface area contributed by atoms with E-state index in [0.717, 1.165) is 17.8 Å². The van der Waals surface area contributed by atoms with Crippen molar-refractivity contribution in [1.29, 1.82) is 5.26 Å². The quantitative estimate of drug-likeness (QED) is 0.458. The minimum atomic E-state index is -4.74. The van der Waals surface area contributed by atoms with Crippen LogP contribution in [0.1, 0.15) is 18.1 Å². The number of pyridine rings is 3. The number of rotatable bonds is 5. The Hall–Kier alpha value is -3.82. The molecule has 12 heteroatoms. The number of hydrogen-bond donors (Lipinski definition) is 1. The molecule has 0 aliphatic heterocycles. The molecule has 1 N–H and O–H groups in total. The summed E-state index contributed by atoms with van der Waals surface area (Å²) in [5.74, 6) is 0. The number of aryl methyl sites for hydroxylation is 1. The van der Waals surface area contributed by atoms with Crippen LogP contribution in [0.3, 0.4) is 0 Å². The van der Waals surface area contributed by atoms with Gasteiger partial charge in [-0.25, -0.2) is 8.42 Å². The van der Waals surface area contributed by atoms with Crippen molar-refractivity contribution in [1.82, 2.24) is 24.2 Å². The Kier molecular flexibility index (Phi) is 5.84. The standard InChI is InChI=1S/C22H17F3N6O2S/c1-13-9-19-20(29-11-13)17(10-26)21(31(19)15-5-7-27-8-6-15)18-4-3-16(12-28-18)34(32,33)30-14(2)22(23,24)25/h3-9,11-12,14,30H,1-2H3. The van der Waals surface area contributed by atoms with E-state index in [1.807, 2.05) is 13.0 Å². The van der Waals surface area contributed by atoms with Crippen LogP contribution >= 0.6 is 0 Å². The Morgan fingerprint density at radius 1 is 1.12 bits per heavy atom. The van der Waals surface area contributed by atoms with Crippen LogP contribution in [0, 0.1) is 18.3 Å². The summed E-state index contributed by atoms with van der Waals surface area (Å²) < 4.78 is 66.6. The van der Waals surface area contributed by atoms with Crippen molar-refractivity contribution >= 4 is 21.1 Å². The van der Waals surface area contributed by atoms with Crippen LogP contribution in [0.15, 0.2) is 60.0 Å². The molecule has 0 aliphatic rings. The van der Waals surface area contributed by atoms with E-state index in [1.165, 1.54) is 6.07 Å². The summed E-state index contributed by atoms with van der Waals surface area (Å²) in [4.78, 5) is 12.2. The molecule has 0 saturated heterocycles. The largest absolute Gasteiger partial charge is 0.404 e. The van der Waals surface area contributed by atoms with E-state index in [-0.39, 0.29) is 11.3 Å². The lowest BCUT2D eigenvalue weighted by Gasteiger charge is -2.17. The fourth-order valence-electron chi connectivity index (χ4n) is 3.42. The molecule has 0 saturated carbocycles. The van der Waals surface area contributed by atoms with Gasteiger partial charge in [0.2, 0.25) is 10.0 Å². The maximum atomic E-state index is 12.8. The SMILES string of the molecule is Cc1cnc2c(C#N)c(-c3ccc(S(=O)(=O)NC(C)C(F)(F)F)cn3)n(-c3ccncc3)c2c1. The number of alkyl halides is 3. The molecule has 4 heterocycles. The summed E-state index contributed by atoms with van der Waals surface area (Å²) >= 11 is 0. The zero-order chi connectivity index (χ0) is 24.7. The first-order valence-corrected chi connectivity index (χ1v) is 11.4. The lowest BCUT2D eigenvalue weighted by molar-refractivity contribution is -0.147. The van der Waals surface area contributed by atoms with Gasteiger partial charge in [-0.05, 0) is 49.7 Å². The zero-order valence-corrected chi connectivity index (χ0v) is 18.7. The molecule has 0 aliphatic carbocycles. The Morgan fingerprint density at radius 2 is 1.82 bits per heavy atom. The first-order chi connectivity index (χ1) is 16.0. The number of nitrogens with zero attached hydrogens (tertiary/aromatic N) is 5. The number of aromatic nitrogens is 4. The van der Waals surface area contributed by atoms with Gasteiger partial charge >= 0.3 is 6.18 Å². The Bertz CT molecular complexity index is 1510. The predicted octanol–water partition coefficient (Wildman–Crippen LogP) is 3.89. The molecular weight excluding hydrogens is 469 g/mol. The summed E-state index contributed by atoms with van der Waals surface area (Å²) in [5, 5.41) is 9.91. The maximum Gasteiger partial charge on any atom is 0.404 e. The predicted molar refractivity (Wildman–Crippen MR) is 117 cm³/mol. The molecule has 0 bridgehead atoms. The first-order valence-electron chi connectivity index (χ1n) is 9.90. The molecule has 34 heavy (non-hydrogen) atoms. The normalized spacial score (nSPS) is 13.1. The minimum absolute atomic E-state index is 0.221. The van der Waals surface area contributed by atoms with Crippen LogP contribution in [0.4, 0.5) is 13.2 Å². The molecular formula is C22H17F3N6O2S. The molecule has 0 spiro atoms. The Morgan fingerprint density at radius 3 is 2.41 bits per heavy atom. The Labute approximate surface area is 192 Å². The van der Waals surface area contributed by atoms with Crippen molar-refractivity contribution in [2.45, 2.75) is 31.0 Å². The van der Waals surface area contributed by atoms with E-state index in [9.17, 15) is 26.9 Å². The monoisotopic (exact) mass is 486 g/mol. The molecule has 0 aromatic carbocycles. The molecule has 1 atom stereocenters. The number of nitriles is 1. The molecule has 174 valence electrons. The second kappa shape index (κ2) is 8.51. The van der Waals surface area contributed by atoms with Gasteiger partial charge in [-0.3, -0.25) is 15.0 Å². The molecule has 1 unspecified atom stereocenters. The van der Waals surface area contributed by atoms with Gasteiger partial charge in [0.25, 0.3) is 0 Å². The number of sulfonamides is 1. The molecule has 0 radical (unpaired) electrons. The molecule has 4 rings (SSSR count). The molecule has 4 aromatic heterocycles. The number of fused-ring (bicyclic) bond motifs is 1. The van der Waals surface area contributed by atoms with Crippen LogP contribution in [-0.4, -0.2) is 40.2 Å². The number of nitrogens with one attached hydrogen (secondary N) is 1. The Balaban J connectivity index is 1.87. The van der Waals surface area contributed by atoms with Gasteiger partial charge in [0.15, 0.2) is 0 Å². The van der Waals surface area contributed by atoms with Crippen molar-refractivity contribution in [3.63, 3.8) is 0 Å². The fraction of sp³-hybridized carbons (Fsp3) is 0.182. The summed E-state index contributed by atoms with van der Waals surface area (Å²) in [7, 11) is -4.47. The highest BCUT2D eigenvalue weighted by molar-refractivity contribution is 7.89. The van der Waals surface area contributed by atoms with Gasteiger partial charge in [0.1, 0.15) is 28.1 Å². The molecule has 0 amide bonds. The average Bonchev–Trinajstić information content (AvgIpc) is 3.12. The van der Waals surface area contributed by atoms with Crippen LogP contribution in [0.5, 0.6) is 0 Å². The van der Waals surface area contributed by atoms with Gasteiger partial charge in [-0.1, -0.05) is 0 Å². The van der Waals surface area contributed by atoms with E-state index in [0.29, 0.717) is 29.3 Å². The number of halogens is 3. The highest BCUT2D eigenvalue weighted by atomic mass is 32.2. The van der Waals surface area contributed by atoms with Crippen molar-refractivity contribution in [3.8, 4) is 23.1 Å². The highest BCUT2D eigenvalue weighted by Crippen LogP contribution is 2.35. The van der Waals surface area contributed by atoms with Gasteiger partial charge in [0, 0.05) is 30.5 Å². The summed E-state index contributed by atoms with van der Waals surface area (Å²) in [6.45, 7) is 2.57. The first kappa shape index (κ1) is 23.3. The number of hydrogen-bond acceptors (Lipinski definition) is 6. The third kappa shape index (κ3) is 4.23. The van der Waals surface area contributed by atoms with Crippen LogP contribution in [0.2, 0.25) is 0 Å². The fourth-order valence-corrected chi connectivity index (χ4v) is 4.59. The van der Waals surface area contributed by atoms with Crippen molar-refractivity contribution in [3.05, 3.63) is 66.2 Å². The second-order valence-electron chi connectivity index (χ2n) is 7.52. The summed E-state index contributed by atoms with van der Waals surface area (Å²) in [6, 6.07) is 7.66. The van der Waals surface area contributed by atoms with Crippen molar-refractivity contribution in [2.24, 2.45) is 0 Å². The van der Waals surface area contributed by atoms with Crippen molar-refractivity contribution in [2.75, 3.05) is 0 Å². The lowest BCUT2D eigenvalue weighted by Crippen LogP contribution is -2.42. The highest BCUT2D eigenvalue weighted by Gasteiger charge is 2.39. The smallest absolute Gasteiger partial charge is 0.305 e. The van der Waals surface area contributed by atoms with E-state index in [1.54, 1.807) is 40.0 Å². The third-order valence-electron chi connectivity index (χ3n) is 5.09. The molecule has 0 fully saturated rings. The van der Waals surface area contributed by atoms with Gasteiger partial charge in [0.05, 0.1) is 16.9 Å². The van der Waals surface area contributed by atoms with E-state index in [4.69, 9.17) is 0 Å². The molecule has 8 nitrogen and oxygen atoms in total. The second-order valence-corrected chi connectivity index (χ2v) is 9.23. The summed E-state index contributed by atoms with van der Waals surface area (Å²) in [6.07, 6.45) is 1.00. The summed E-state index contributed by atoms with van der Waals surface area (Å²) in [5.41, 5.74) is 3.42. The zero-order valence-electron chi connectivity index (χ0n) is 17.9. The topological polar surface area (TPSA) is 114 Å². The van der Waals surface area contributed by atoms with E-state index < -0.39 is 27.1 Å². The van der Waals surface area contributed by atoms with Gasteiger partial charge in [-0.15, -0.1) is 0 Å². The maximum absolute atomic E-state index is 12.8. The van der Waals surface area contributed by atoms with Crippen LogP contribution in [0.25, 0.3) is 28.1 Å². The van der Waals surface area contributed by atoms with Crippen LogP contribution < -0.4 is 4.72 Å². The average molecular weight is 486 g/mol. The lowest BCUT2D eigenvalue weighted by atomic mass is 10.1. The van der Waals surface area contributed by atoms with Gasteiger partial charge < -0.3 is 4.57 Å². The third-order valence-corrected chi connectivity index (χ3v) is 6.61. The van der Waals surface area contributed by atoms with E-state index in [2.05, 4.69) is 21.0 Å². The van der Waals surface area contributed by atoms with Gasteiger partial charge in [-0.2, -0.15) is 23.2 Å². The molecule has 4 aromatic rings. The van der Waals surface area contributed by atoms with Crippen LogP contribution in [-0.2, 0) is 10.0 Å². The minimum Gasteiger partial charge on any atom is -0.305 e.